The summed E-state index contributed by atoms with van der Waals surface area (Å²) in [5.41, 5.74) is 2.08. The van der Waals surface area contributed by atoms with Crippen molar-refractivity contribution in [1.82, 2.24) is 5.43 Å². The van der Waals surface area contributed by atoms with Gasteiger partial charge in [-0.25, -0.2) is 5.43 Å². The summed E-state index contributed by atoms with van der Waals surface area (Å²) in [6.45, 7) is 3.97. The van der Waals surface area contributed by atoms with Crippen LogP contribution in [0, 0.1) is 0 Å². The Kier molecular flexibility index (Phi) is 7.81. The highest BCUT2D eigenvalue weighted by Crippen LogP contribution is 2.36. The maximum Gasteiger partial charge on any atom is 0.281 e. The fourth-order valence-corrected chi connectivity index (χ4v) is 3.70. The number of halogens is 1. The summed E-state index contributed by atoms with van der Waals surface area (Å²) in [7, 11) is 1.53. The molecule has 0 saturated carbocycles. The van der Waals surface area contributed by atoms with Gasteiger partial charge in [-0.3, -0.25) is 4.79 Å². The lowest BCUT2D eigenvalue weighted by Gasteiger charge is -2.27. The zero-order valence-corrected chi connectivity index (χ0v) is 19.1. The van der Waals surface area contributed by atoms with Crippen molar-refractivity contribution >= 4 is 28.1 Å². The van der Waals surface area contributed by atoms with Gasteiger partial charge in [-0.2, -0.15) is 5.10 Å². The number of hydrogen-bond acceptors (Lipinski definition) is 5. The first-order valence-corrected chi connectivity index (χ1v) is 10.6. The van der Waals surface area contributed by atoms with Gasteiger partial charge >= 0.3 is 0 Å². The maximum absolute atomic E-state index is 13.1. The summed E-state index contributed by atoms with van der Waals surface area (Å²) in [6.07, 6.45) is 3.09. The van der Waals surface area contributed by atoms with Gasteiger partial charge in [0.05, 0.1) is 17.8 Å². The number of hydrazone groups is 1. The molecule has 3 rings (SSSR count). The molecule has 6 nitrogen and oxygen atoms in total. The number of benzene rings is 3. The van der Waals surface area contributed by atoms with Crippen molar-refractivity contribution < 1.29 is 19.4 Å². The Morgan fingerprint density at radius 3 is 2.25 bits per heavy atom. The van der Waals surface area contributed by atoms with Gasteiger partial charge in [-0.15, -0.1) is 0 Å². The highest BCUT2D eigenvalue weighted by molar-refractivity contribution is 9.10. The quantitative estimate of drug-likeness (QED) is 0.262. The third-order valence-corrected chi connectivity index (χ3v) is 5.28. The predicted octanol–water partition coefficient (Wildman–Crippen LogP) is 4.41. The topological polar surface area (TPSA) is 80.2 Å². The number of amides is 1. The van der Waals surface area contributed by atoms with E-state index in [0.29, 0.717) is 39.3 Å². The second-order valence-corrected chi connectivity index (χ2v) is 7.63. The third kappa shape index (κ3) is 5.07. The monoisotopic (exact) mass is 494 g/mol. The molecule has 0 unspecified atom stereocenters. The van der Waals surface area contributed by atoms with Gasteiger partial charge < -0.3 is 14.6 Å². The van der Waals surface area contributed by atoms with Crippen LogP contribution in [0.5, 0.6) is 11.5 Å². The van der Waals surface area contributed by atoms with Crippen molar-refractivity contribution in [2.45, 2.75) is 5.60 Å². The van der Waals surface area contributed by atoms with E-state index in [1.807, 2.05) is 12.1 Å². The highest BCUT2D eigenvalue weighted by Gasteiger charge is 2.39. The number of ether oxygens (including phenoxy) is 2. The van der Waals surface area contributed by atoms with E-state index in [2.05, 4.69) is 33.0 Å². The van der Waals surface area contributed by atoms with Crippen molar-refractivity contribution in [3.8, 4) is 11.5 Å². The van der Waals surface area contributed by atoms with Crippen LogP contribution in [-0.4, -0.2) is 30.9 Å². The van der Waals surface area contributed by atoms with E-state index >= 15 is 0 Å². The first kappa shape index (κ1) is 23.2. The second-order valence-electron chi connectivity index (χ2n) is 6.78. The average molecular weight is 495 g/mol. The van der Waals surface area contributed by atoms with Crippen molar-refractivity contribution in [3.63, 3.8) is 0 Å². The average Bonchev–Trinajstić information content (AvgIpc) is 2.83. The van der Waals surface area contributed by atoms with Crippen LogP contribution in [0.3, 0.4) is 0 Å². The van der Waals surface area contributed by atoms with Crippen molar-refractivity contribution in [1.29, 1.82) is 0 Å². The largest absolute Gasteiger partial charge is 0.493 e. The lowest BCUT2D eigenvalue weighted by atomic mass is 9.85. The Balaban J connectivity index is 1.85. The number of hydrogen-bond donors (Lipinski definition) is 2. The Morgan fingerprint density at radius 2 is 1.72 bits per heavy atom. The number of carbonyl (C=O) groups is 1. The van der Waals surface area contributed by atoms with Crippen LogP contribution in [0.2, 0.25) is 0 Å². The molecule has 1 amide bonds. The molecule has 0 heterocycles. The second kappa shape index (κ2) is 10.7. The van der Waals surface area contributed by atoms with Crippen molar-refractivity contribution in [3.05, 3.63) is 107 Å². The number of aliphatic hydroxyl groups is 1. The molecule has 0 aliphatic carbocycles. The minimum Gasteiger partial charge on any atom is -0.493 e. The van der Waals surface area contributed by atoms with E-state index in [-0.39, 0.29) is 0 Å². The van der Waals surface area contributed by atoms with Crippen LogP contribution >= 0.6 is 15.9 Å². The number of rotatable bonds is 9. The van der Waals surface area contributed by atoms with Gasteiger partial charge in [0.2, 0.25) is 0 Å². The minimum absolute atomic E-state index is 0.329. The molecule has 3 aromatic rings. The van der Waals surface area contributed by atoms with E-state index in [1.54, 1.807) is 66.7 Å². The fraction of sp³-hybridized carbons (Fsp3) is 0.120. The lowest BCUT2D eigenvalue weighted by Crippen LogP contribution is -2.43. The summed E-state index contributed by atoms with van der Waals surface area (Å²) in [6, 6.07) is 21.0. The molecule has 0 aromatic heterocycles. The van der Waals surface area contributed by atoms with Crippen LogP contribution in [0.4, 0.5) is 0 Å². The Morgan fingerprint density at radius 1 is 1.12 bits per heavy atom. The molecule has 2 N–H and O–H groups in total. The van der Waals surface area contributed by atoms with Crippen molar-refractivity contribution in [2.75, 3.05) is 13.7 Å². The van der Waals surface area contributed by atoms with Gasteiger partial charge in [-0.1, -0.05) is 73.3 Å². The SMILES string of the molecule is C=CCOc1c(Br)cc(/C=N\NC(=O)C(O)(c2ccccc2)c2ccccc2)cc1OC. The molecule has 0 bridgehead atoms. The van der Waals surface area contributed by atoms with Crippen LogP contribution in [0.1, 0.15) is 16.7 Å². The van der Waals surface area contributed by atoms with Gasteiger partial charge in [-0.05, 0) is 44.8 Å². The van der Waals surface area contributed by atoms with Gasteiger partial charge in [0.25, 0.3) is 5.91 Å². The standard InChI is InChI=1S/C25H23BrN2O4/c1-3-14-32-23-21(26)15-18(16-22(23)31-2)17-27-28-24(29)25(30,19-10-6-4-7-11-19)20-12-8-5-9-13-20/h3-13,15-17,30H,1,14H2,2H3,(H,28,29)/b27-17-. The molecular formula is C25H23BrN2O4. The summed E-state index contributed by atoms with van der Waals surface area (Å²) >= 11 is 3.45. The highest BCUT2D eigenvalue weighted by atomic mass is 79.9. The van der Waals surface area contributed by atoms with Gasteiger partial charge in [0, 0.05) is 0 Å². The first-order valence-electron chi connectivity index (χ1n) is 9.78. The van der Waals surface area contributed by atoms with E-state index in [9.17, 15) is 9.90 Å². The third-order valence-electron chi connectivity index (χ3n) is 4.69. The maximum atomic E-state index is 13.1. The number of nitrogens with one attached hydrogen (secondary N) is 1. The van der Waals surface area contributed by atoms with Crippen LogP contribution in [-0.2, 0) is 10.4 Å². The van der Waals surface area contributed by atoms with Crippen LogP contribution in [0.15, 0.2) is 95.0 Å². The van der Waals surface area contributed by atoms with E-state index in [4.69, 9.17) is 9.47 Å². The summed E-state index contributed by atoms with van der Waals surface area (Å²) in [5.74, 6) is 0.360. The number of nitrogens with zero attached hydrogens (tertiary/aromatic N) is 1. The van der Waals surface area contributed by atoms with E-state index < -0.39 is 11.5 Å². The lowest BCUT2D eigenvalue weighted by molar-refractivity contribution is -0.136. The zero-order chi connectivity index (χ0) is 23.0. The summed E-state index contributed by atoms with van der Waals surface area (Å²) < 4.78 is 11.7. The number of methoxy groups -OCH3 is 1. The molecule has 32 heavy (non-hydrogen) atoms. The molecule has 0 fully saturated rings. The van der Waals surface area contributed by atoms with Crippen LogP contribution in [0.25, 0.3) is 0 Å². The van der Waals surface area contributed by atoms with E-state index in [0.717, 1.165) is 0 Å². The number of carbonyl (C=O) groups excluding carboxylic acids is 1. The van der Waals surface area contributed by atoms with E-state index in [1.165, 1.54) is 13.3 Å². The summed E-state index contributed by atoms with van der Waals surface area (Å²) in [4.78, 5) is 13.1. The molecule has 3 aromatic carbocycles. The van der Waals surface area contributed by atoms with Gasteiger partial charge in [0.1, 0.15) is 6.61 Å². The molecule has 0 atom stereocenters. The summed E-state index contributed by atoms with van der Waals surface area (Å²) in [5, 5.41) is 15.5. The molecule has 0 aliphatic rings. The fourth-order valence-electron chi connectivity index (χ4n) is 3.13. The Labute approximate surface area is 195 Å². The molecule has 0 saturated heterocycles. The molecule has 0 spiro atoms. The Hall–Kier alpha value is -3.42. The van der Waals surface area contributed by atoms with Gasteiger partial charge in [0.15, 0.2) is 17.1 Å². The van der Waals surface area contributed by atoms with Crippen molar-refractivity contribution in [2.24, 2.45) is 5.10 Å². The molecule has 164 valence electrons. The normalized spacial score (nSPS) is 11.2. The zero-order valence-electron chi connectivity index (χ0n) is 17.5. The molecule has 7 heteroatoms. The Bertz CT molecular complexity index is 1060. The van der Waals surface area contributed by atoms with Crippen LogP contribution < -0.4 is 14.9 Å². The molecule has 0 aliphatic heterocycles. The first-order chi connectivity index (χ1) is 15.5. The smallest absolute Gasteiger partial charge is 0.281 e. The minimum atomic E-state index is -1.90. The molecule has 0 radical (unpaired) electrons. The molecular weight excluding hydrogens is 472 g/mol. The predicted molar refractivity (Wildman–Crippen MR) is 128 cm³/mol.